The average Bonchev–Trinajstić information content (AvgIpc) is 3.14. The lowest BCUT2D eigenvalue weighted by atomic mass is 10.1. The molecule has 0 radical (unpaired) electrons. The second kappa shape index (κ2) is 9.00. The molecule has 0 aliphatic carbocycles. The molecule has 2 heterocycles. The molecular weight excluding hydrogens is 372 g/mol. The van der Waals surface area contributed by atoms with E-state index in [0.717, 1.165) is 25.9 Å². The molecule has 0 saturated carbocycles. The number of amides is 2. The van der Waals surface area contributed by atoms with Crippen molar-refractivity contribution in [2.75, 3.05) is 31.3 Å². The first-order valence-corrected chi connectivity index (χ1v) is 10.2. The van der Waals surface area contributed by atoms with E-state index >= 15 is 0 Å². The van der Waals surface area contributed by atoms with Crippen molar-refractivity contribution in [1.82, 2.24) is 15.1 Å². The number of nitrogens with zero attached hydrogens (tertiary/aromatic N) is 3. The van der Waals surface area contributed by atoms with Crippen molar-refractivity contribution in [1.29, 1.82) is 0 Å². The van der Waals surface area contributed by atoms with E-state index in [1.807, 2.05) is 4.90 Å². The Morgan fingerprint density at radius 2 is 1.92 bits per heavy atom. The number of benzene rings is 1. The van der Waals surface area contributed by atoms with Crippen LogP contribution in [0.2, 0.25) is 0 Å². The molecule has 0 unspecified atom stereocenters. The van der Waals surface area contributed by atoms with E-state index in [-0.39, 0.29) is 11.8 Å². The first-order valence-electron chi connectivity index (χ1n) is 8.35. The van der Waals surface area contributed by atoms with Gasteiger partial charge in [0.05, 0.1) is 12.9 Å². The van der Waals surface area contributed by atoms with Gasteiger partial charge in [-0.2, -0.15) is 0 Å². The quantitative estimate of drug-likeness (QED) is 0.601. The number of nitrogens with one attached hydrogen (secondary N) is 1. The summed E-state index contributed by atoms with van der Waals surface area (Å²) in [6.07, 6.45) is 3.36. The summed E-state index contributed by atoms with van der Waals surface area (Å²) < 4.78 is 5.74. The number of methoxy groups -OCH3 is 1. The van der Waals surface area contributed by atoms with Crippen LogP contribution in [0.5, 0.6) is 5.75 Å². The lowest BCUT2D eigenvalue weighted by molar-refractivity contribution is -0.129. The Hall–Kier alpha value is -2.13. The number of aromatic nitrogens is 2. The van der Waals surface area contributed by atoms with E-state index in [1.54, 1.807) is 31.4 Å². The molecule has 1 fully saturated rings. The lowest BCUT2D eigenvalue weighted by Gasteiger charge is -2.26. The fourth-order valence-corrected chi connectivity index (χ4v) is 4.24. The van der Waals surface area contributed by atoms with Crippen LogP contribution >= 0.6 is 23.1 Å². The molecule has 3 rings (SSSR count). The maximum atomic E-state index is 12.2. The summed E-state index contributed by atoms with van der Waals surface area (Å²) in [4.78, 5) is 26.3. The van der Waals surface area contributed by atoms with Crippen molar-refractivity contribution in [2.45, 2.75) is 23.6 Å². The number of thioether (sulfide) groups is 1. The fraction of sp³-hybridized carbons (Fsp3) is 0.412. The van der Waals surface area contributed by atoms with Gasteiger partial charge < -0.3 is 9.64 Å². The second-order valence-corrected chi connectivity index (χ2v) is 7.99. The minimum Gasteiger partial charge on any atom is -0.497 e. The maximum absolute atomic E-state index is 12.2. The summed E-state index contributed by atoms with van der Waals surface area (Å²) in [6.45, 7) is 1.69. The standard InChI is InChI=1S/C17H20N4O3S2/c1-24-13-7-5-12(6-8-13)15(23)18-16-19-20-17(26-16)25-11-14(22)21-9-3-2-4-10-21/h5-8H,2-4,9-11H2,1H3,(H,18,19,23). The van der Waals surface area contributed by atoms with Crippen LogP contribution in [0.25, 0.3) is 0 Å². The Balaban J connectivity index is 1.50. The monoisotopic (exact) mass is 392 g/mol. The van der Waals surface area contributed by atoms with Crippen LogP contribution < -0.4 is 10.1 Å². The number of ether oxygens (including phenoxy) is 1. The zero-order valence-electron chi connectivity index (χ0n) is 14.4. The SMILES string of the molecule is COc1ccc(C(=O)Nc2nnc(SCC(=O)N3CCCCC3)s2)cc1. The topological polar surface area (TPSA) is 84.4 Å². The van der Waals surface area contributed by atoms with Crippen molar-refractivity contribution < 1.29 is 14.3 Å². The van der Waals surface area contributed by atoms with Crippen LogP contribution in [0.3, 0.4) is 0 Å². The molecule has 0 atom stereocenters. The molecule has 1 aliphatic heterocycles. The van der Waals surface area contributed by atoms with Gasteiger partial charge in [0.15, 0.2) is 4.34 Å². The first kappa shape index (κ1) is 18.7. The Morgan fingerprint density at radius 3 is 2.62 bits per heavy atom. The molecule has 26 heavy (non-hydrogen) atoms. The normalized spacial score (nSPS) is 14.1. The minimum absolute atomic E-state index is 0.133. The van der Waals surface area contributed by atoms with Crippen molar-refractivity contribution in [3.05, 3.63) is 29.8 Å². The Morgan fingerprint density at radius 1 is 1.19 bits per heavy atom. The van der Waals surface area contributed by atoms with E-state index in [4.69, 9.17) is 4.74 Å². The Kier molecular flexibility index (Phi) is 6.45. The van der Waals surface area contributed by atoms with Gasteiger partial charge in [-0.05, 0) is 43.5 Å². The molecule has 1 aromatic carbocycles. The molecule has 2 amide bonds. The number of rotatable bonds is 6. The molecule has 7 nitrogen and oxygen atoms in total. The molecule has 2 aromatic rings. The highest BCUT2D eigenvalue weighted by molar-refractivity contribution is 8.01. The highest BCUT2D eigenvalue weighted by Gasteiger charge is 2.18. The average molecular weight is 393 g/mol. The molecule has 1 aromatic heterocycles. The van der Waals surface area contributed by atoms with Gasteiger partial charge in [-0.3, -0.25) is 14.9 Å². The number of hydrogen-bond donors (Lipinski definition) is 1. The molecule has 9 heteroatoms. The molecule has 0 spiro atoms. The zero-order chi connectivity index (χ0) is 18.4. The van der Waals surface area contributed by atoms with E-state index in [1.165, 1.54) is 29.5 Å². The van der Waals surface area contributed by atoms with Gasteiger partial charge >= 0.3 is 0 Å². The summed E-state index contributed by atoms with van der Waals surface area (Å²) in [6, 6.07) is 6.81. The van der Waals surface area contributed by atoms with Gasteiger partial charge in [0.25, 0.3) is 5.91 Å². The van der Waals surface area contributed by atoms with Crippen LogP contribution in [0.1, 0.15) is 29.6 Å². The first-order chi connectivity index (χ1) is 12.7. The van der Waals surface area contributed by atoms with E-state index in [2.05, 4.69) is 15.5 Å². The van der Waals surface area contributed by atoms with Crippen LogP contribution in [-0.2, 0) is 4.79 Å². The van der Waals surface area contributed by atoms with Gasteiger partial charge in [-0.15, -0.1) is 10.2 Å². The summed E-state index contributed by atoms with van der Waals surface area (Å²) in [5.74, 6) is 0.911. The second-order valence-electron chi connectivity index (χ2n) is 5.79. The molecule has 0 bridgehead atoms. The lowest BCUT2D eigenvalue weighted by Crippen LogP contribution is -2.36. The maximum Gasteiger partial charge on any atom is 0.257 e. The van der Waals surface area contributed by atoms with Gasteiger partial charge in [-0.25, -0.2) is 0 Å². The van der Waals surface area contributed by atoms with Gasteiger partial charge in [-0.1, -0.05) is 23.1 Å². The van der Waals surface area contributed by atoms with Crippen LogP contribution in [0.15, 0.2) is 28.6 Å². The predicted molar refractivity (Wildman–Crippen MR) is 102 cm³/mol. The third-order valence-electron chi connectivity index (χ3n) is 4.01. The Bertz CT molecular complexity index is 758. The highest BCUT2D eigenvalue weighted by atomic mass is 32.2. The Labute approximate surface area is 160 Å². The minimum atomic E-state index is -0.259. The fourth-order valence-electron chi connectivity index (χ4n) is 2.59. The van der Waals surface area contributed by atoms with Crippen LogP contribution in [0, 0.1) is 0 Å². The van der Waals surface area contributed by atoms with Gasteiger partial charge in [0, 0.05) is 18.7 Å². The summed E-state index contributed by atoms with van der Waals surface area (Å²) in [5.41, 5.74) is 0.510. The number of carbonyl (C=O) groups excluding carboxylic acids is 2. The molecule has 1 saturated heterocycles. The number of piperidine rings is 1. The molecular formula is C17H20N4O3S2. The van der Waals surface area contributed by atoms with Crippen LogP contribution in [0.4, 0.5) is 5.13 Å². The summed E-state index contributed by atoms with van der Waals surface area (Å²) in [7, 11) is 1.57. The zero-order valence-corrected chi connectivity index (χ0v) is 16.1. The summed E-state index contributed by atoms with van der Waals surface area (Å²) in [5, 5.41) is 11.1. The van der Waals surface area contributed by atoms with E-state index in [9.17, 15) is 9.59 Å². The largest absolute Gasteiger partial charge is 0.497 e. The highest BCUT2D eigenvalue weighted by Crippen LogP contribution is 2.26. The number of anilines is 1. The van der Waals surface area contributed by atoms with E-state index in [0.29, 0.717) is 26.5 Å². The predicted octanol–water partition coefficient (Wildman–Crippen LogP) is 2.90. The third kappa shape index (κ3) is 4.95. The molecule has 138 valence electrons. The molecule has 1 aliphatic rings. The number of hydrogen-bond acceptors (Lipinski definition) is 7. The summed E-state index contributed by atoms with van der Waals surface area (Å²) >= 11 is 2.62. The van der Waals surface area contributed by atoms with Crippen LogP contribution in [-0.4, -0.2) is 52.9 Å². The van der Waals surface area contributed by atoms with Crippen molar-refractivity contribution in [3.8, 4) is 5.75 Å². The van der Waals surface area contributed by atoms with Crippen molar-refractivity contribution >= 4 is 40.0 Å². The third-order valence-corrected chi connectivity index (χ3v) is 5.96. The smallest absolute Gasteiger partial charge is 0.257 e. The van der Waals surface area contributed by atoms with Gasteiger partial charge in [0.2, 0.25) is 11.0 Å². The number of likely N-dealkylation sites (tertiary alicyclic amines) is 1. The van der Waals surface area contributed by atoms with E-state index < -0.39 is 0 Å². The van der Waals surface area contributed by atoms with Gasteiger partial charge in [0.1, 0.15) is 5.75 Å². The number of carbonyl (C=O) groups is 2. The van der Waals surface area contributed by atoms with Crippen molar-refractivity contribution in [2.24, 2.45) is 0 Å². The van der Waals surface area contributed by atoms with Crippen molar-refractivity contribution in [3.63, 3.8) is 0 Å². The molecule has 1 N–H and O–H groups in total.